The maximum atomic E-state index is 12.1. The van der Waals surface area contributed by atoms with E-state index < -0.39 is 0 Å². The van der Waals surface area contributed by atoms with Crippen LogP contribution in [0.3, 0.4) is 0 Å². The van der Waals surface area contributed by atoms with E-state index in [0.717, 1.165) is 0 Å². The van der Waals surface area contributed by atoms with Crippen molar-refractivity contribution in [3.63, 3.8) is 0 Å². The monoisotopic (exact) mass is 318 g/mol. The van der Waals surface area contributed by atoms with E-state index in [4.69, 9.17) is 0 Å². The van der Waals surface area contributed by atoms with Crippen molar-refractivity contribution in [1.29, 1.82) is 0 Å². The van der Waals surface area contributed by atoms with Crippen LogP contribution in [0.4, 0.5) is 11.4 Å². The fourth-order valence-corrected chi connectivity index (χ4v) is 2.01. The Morgan fingerprint density at radius 2 is 0.958 bits per heavy atom. The fraction of sp³-hybridized carbons (Fsp3) is 0. The molecule has 1 aromatic heterocycles. The first kappa shape index (κ1) is 15.4. The number of nitrogens with one attached hydrogen (secondary N) is 2. The van der Waals surface area contributed by atoms with E-state index in [0.29, 0.717) is 11.4 Å². The zero-order valence-electron chi connectivity index (χ0n) is 12.6. The number of carbonyl (C=O) groups excluding carboxylic acids is 2. The molecule has 6 nitrogen and oxygen atoms in total. The van der Waals surface area contributed by atoms with Gasteiger partial charge in [0.2, 0.25) is 0 Å². The van der Waals surface area contributed by atoms with Crippen LogP contribution in [-0.4, -0.2) is 22.0 Å². The van der Waals surface area contributed by atoms with Gasteiger partial charge in [-0.2, -0.15) is 0 Å². The van der Waals surface area contributed by atoms with Crippen LogP contribution in [0.1, 0.15) is 21.0 Å². The van der Waals surface area contributed by atoms with Gasteiger partial charge in [-0.15, -0.1) is 10.2 Å². The Hall–Kier alpha value is -3.54. The molecule has 2 N–H and O–H groups in total. The minimum Gasteiger partial charge on any atom is -0.321 e. The van der Waals surface area contributed by atoms with Gasteiger partial charge in [-0.3, -0.25) is 9.59 Å². The van der Waals surface area contributed by atoms with Crippen molar-refractivity contribution in [1.82, 2.24) is 10.2 Å². The molecule has 6 heteroatoms. The normalized spacial score (nSPS) is 10.0. The highest BCUT2D eigenvalue weighted by Gasteiger charge is 2.12. The lowest BCUT2D eigenvalue weighted by atomic mass is 10.2. The second-order valence-corrected chi connectivity index (χ2v) is 4.94. The molecule has 0 saturated heterocycles. The first-order valence-electron chi connectivity index (χ1n) is 7.29. The second-order valence-electron chi connectivity index (χ2n) is 4.94. The number of amides is 2. The van der Waals surface area contributed by atoms with Gasteiger partial charge in [0, 0.05) is 11.4 Å². The van der Waals surface area contributed by atoms with Crippen molar-refractivity contribution in [3.8, 4) is 0 Å². The summed E-state index contributed by atoms with van der Waals surface area (Å²) in [7, 11) is 0. The van der Waals surface area contributed by atoms with Crippen LogP contribution in [0.15, 0.2) is 72.8 Å². The highest BCUT2D eigenvalue weighted by Crippen LogP contribution is 2.09. The van der Waals surface area contributed by atoms with Crippen LogP contribution in [0.2, 0.25) is 0 Å². The smallest absolute Gasteiger partial charge is 0.276 e. The summed E-state index contributed by atoms with van der Waals surface area (Å²) in [5.41, 5.74) is 1.59. The van der Waals surface area contributed by atoms with E-state index in [9.17, 15) is 9.59 Å². The van der Waals surface area contributed by atoms with Crippen LogP contribution in [0.25, 0.3) is 0 Å². The molecule has 3 rings (SSSR count). The van der Waals surface area contributed by atoms with Gasteiger partial charge in [-0.1, -0.05) is 36.4 Å². The Balaban J connectivity index is 1.66. The summed E-state index contributed by atoms with van der Waals surface area (Å²) < 4.78 is 0. The molecule has 2 amide bonds. The highest BCUT2D eigenvalue weighted by atomic mass is 16.2. The Morgan fingerprint density at radius 1 is 0.583 bits per heavy atom. The zero-order chi connectivity index (χ0) is 16.8. The lowest BCUT2D eigenvalue weighted by molar-refractivity contribution is 0.100. The minimum atomic E-state index is -0.385. The Morgan fingerprint density at radius 3 is 1.29 bits per heavy atom. The summed E-state index contributed by atoms with van der Waals surface area (Å²) in [4.78, 5) is 24.1. The zero-order valence-corrected chi connectivity index (χ0v) is 12.6. The molecule has 0 radical (unpaired) electrons. The van der Waals surface area contributed by atoms with E-state index in [1.165, 1.54) is 12.1 Å². The molecule has 0 bridgehead atoms. The molecule has 0 saturated carbocycles. The van der Waals surface area contributed by atoms with Crippen molar-refractivity contribution < 1.29 is 9.59 Å². The van der Waals surface area contributed by atoms with Gasteiger partial charge in [-0.25, -0.2) is 0 Å². The largest absolute Gasteiger partial charge is 0.321 e. The summed E-state index contributed by atoms with van der Waals surface area (Å²) >= 11 is 0. The topological polar surface area (TPSA) is 84.0 Å². The molecule has 0 unspecified atom stereocenters. The first-order valence-corrected chi connectivity index (χ1v) is 7.29. The minimum absolute atomic E-state index is 0.134. The lowest BCUT2D eigenvalue weighted by Crippen LogP contribution is -2.18. The third-order valence-electron chi connectivity index (χ3n) is 3.19. The van der Waals surface area contributed by atoms with Crippen molar-refractivity contribution in [3.05, 3.63) is 84.2 Å². The molecule has 0 fully saturated rings. The quantitative estimate of drug-likeness (QED) is 0.774. The summed E-state index contributed by atoms with van der Waals surface area (Å²) in [6.07, 6.45) is 0. The third kappa shape index (κ3) is 3.80. The molecule has 24 heavy (non-hydrogen) atoms. The maximum absolute atomic E-state index is 12.1. The number of para-hydroxylation sites is 2. The van der Waals surface area contributed by atoms with Crippen LogP contribution >= 0.6 is 0 Å². The van der Waals surface area contributed by atoms with Crippen LogP contribution in [-0.2, 0) is 0 Å². The van der Waals surface area contributed by atoms with E-state index >= 15 is 0 Å². The molecule has 0 aliphatic carbocycles. The second kappa shape index (κ2) is 7.15. The molecular weight excluding hydrogens is 304 g/mol. The number of rotatable bonds is 4. The Labute approximate surface area is 138 Å². The van der Waals surface area contributed by atoms with E-state index in [2.05, 4.69) is 20.8 Å². The standard InChI is InChI=1S/C18H14N4O2/c23-17(19-13-7-3-1-4-8-13)15-11-12-16(22-21-15)18(24)20-14-9-5-2-6-10-14/h1-12H,(H,19,23)(H,20,24). The summed E-state index contributed by atoms with van der Waals surface area (Å²) in [6.45, 7) is 0. The van der Waals surface area contributed by atoms with Crippen LogP contribution < -0.4 is 10.6 Å². The number of nitrogens with zero attached hydrogens (tertiary/aromatic N) is 2. The molecule has 0 aliphatic rings. The number of carbonyl (C=O) groups is 2. The average Bonchev–Trinajstić information content (AvgIpc) is 2.63. The van der Waals surface area contributed by atoms with Crippen LogP contribution in [0.5, 0.6) is 0 Å². The highest BCUT2D eigenvalue weighted by molar-refractivity contribution is 6.04. The molecule has 0 spiro atoms. The molecule has 3 aromatic rings. The number of hydrogen-bond acceptors (Lipinski definition) is 4. The predicted molar refractivity (Wildman–Crippen MR) is 90.8 cm³/mol. The Kier molecular flexibility index (Phi) is 4.57. The average molecular weight is 318 g/mol. The van der Waals surface area contributed by atoms with Crippen LogP contribution in [0, 0.1) is 0 Å². The van der Waals surface area contributed by atoms with Gasteiger partial charge in [0.15, 0.2) is 11.4 Å². The summed E-state index contributed by atoms with van der Waals surface area (Å²) in [5, 5.41) is 13.0. The number of hydrogen-bond donors (Lipinski definition) is 2. The van der Waals surface area contributed by atoms with Gasteiger partial charge in [0.25, 0.3) is 11.8 Å². The van der Waals surface area contributed by atoms with Gasteiger partial charge < -0.3 is 10.6 Å². The Bertz CT molecular complexity index is 761. The fourth-order valence-electron chi connectivity index (χ4n) is 2.01. The molecule has 1 heterocycles. The van der Waals surface area contributed by atoms with E-state index in [1.807, 2.05) is 36.4 Å². The molecule has 118 valence electrons. The van der Waals surface area contributed by atoms with Gasteiger partial charge in [0.05, 0.1) is 0 Å². The van der Waals surface area contributed by atoms with Crippen molar-refractivity contribution >= 4 is 23.2 Å². The maximum Gasteiger partial charge on any atom is 0.276 e. The number of anilines is 2. The summed E-state index contributed by atoms with van der Waals surface area (Å²) in [5.74, 6) is -0.771. The van der Waals surface area contributed by atoms with Crippen molar-refractivity contribution in [2.24, 2.45) is 0 Å². The lowest BCUT2D eigenvalue weighted by Gasteiger charge is -2.05. The predicted octanol–water partition coefficient (Wildman–Crippen LogP) is 2.98. The van der Waals surface area contributed by atoms with Gasteiger partial charge >= 0.3 is 0 Å². The number of benzene rings is 2. The van der Waals surface area contributed by atoms with E-state index in [1.54, 1.807) is 24.3 Å². The number of aromatic nitrogens is 2. The van der Waals surface area contributed by atoms with Crippen molar-refractivity contribution in [2.45, 2.75) is 0 Å². The van der Waals surface area contributed by atoms with Gasteiger partial charge in [-0.05, 0) is 36.4 Å². The first-order chi connectivity index (χ1) is 11.7. The SMILES string of the molecule is O=C(Nc1ccccc1)c1ccc(C(=O)Nc2ccccc2)nn1. The van der Waals surface area contributed by atoms with Gasteiger partial charge in [0.1, 0.15) is 0 Å². The molecular formula is C18H14N4O2. The van der Waals surface area contributed by atoms with E-state index in [-0.39, 0.29) is 23.2 Å². The third-order valence-corrected chi connectivity index (χ3v) is 3.19. The summed E-state index contributed by atoms with van der Waals surface area (Å²) in [6, 6.07) is 21.0. The van der Waals surface area contributed by atoms with Crippen molar-refractivity contribution in [2.75, 3.05) is 10.6 Å². The molecule has 0 aliphatic heterocycles. The molecule has 0 atom stereocenters. The molecule has 2 aromatic carbocycles.